The summed E-state index contributed by atoms with van der Waals surface area (Å²) in [6.07, 6.45) is 5.59. The minimum Gasteiger partial charge on any atom is -0.491 e. The standard InChI is InChI=1S/C21H30N4O2/c1-13(2)25-10-8-14(9-11-25)22-19-15-6-5-7-16(15)23-17-12-18(26-3)21(27-4)24-20(17)19/h12-14H,5-11H2,1-4H3,(H,22,23). The lowest BCUT2D eigenvalue weighted by atomic mass is 10.0. The Kier molecular flexibility index (Phi) is 5.08. The van der Waals surface area contributed by atoms with Gasteiger partial charge in [0.2, 0.25) is 0 Å². The molecule has 2 aromatic heterocycles. The van der Waals surface area contributed by atoms with Crippen molar-refractivity contribution in [1.29, 1.82) is 0 Å². The summed E-state index contributed by atoms with van der Waals surface area (Å²) in [4.78, 5) is 12.2. The fourth-order valence-corrected chi connectivity index (χ4v) is 4.36. The number of methoxy groups -OCH3 is 2. The second-order valence-electron chi connectivity index (χ2n) is 7.88. The lowest BCUT2D eigenvalue weighted by Gasteiger charge is -2.35. The lowest BCUT2D eigenvalue weighted by Crippen LogP contribution is -2.42. The second-order valence-corrected chi connectivity index (χ2v) is 7.88. The Morgan fingerprint density at radius 1 is 1.11 bits per heavy atom. The predicted molar refractivity (Wildman–Crippen MR) is 108 cm³/mol. The molecule has 2 aliphatic rings. The van der Waals surface area contributed by atoms with E-state index in [1.54, 1.807) is 14.2 Å². The molecule has 1 aliphatic carbocycles. The normalized spacial score (nSPS) is 18.1. The van der Waals surface area contributed by atoms with Crippen molar-refractivity contribution in [1.82, 2.24) is 14.9 Å². The van der Waals surface area contributed by atoms with E-state index in [9.17, 15) is 0 Å². The predicted octanol–water partition coefficient (Wildman–Crippen LogP) is 3.42. The maximum absolute atomic E-state index is 5.45. The number of likely N-dealkylation sites (tertiary alicyclic amines) is 1. The molecule has 6 heteroatoms. The Bertz CT molecular complexity index is 829. The molecule has 0 spiro atoms. The van der Waals surface area contributed by atoms with Gasteiger partial charge in [0.05, 0.1) is 25.4 Å². The number of fused-ring (bicyclic) bond motifs is 2. The van der Waals surface area contributed by atoms with Crippen LogP contribution in [0.4, 0.5) is 5.69 Å². The number of hydrogen-bond acceptors (Lipinski definition) is 6. The minimum absolute atomic E-state index is 0.477. The van der Waals surface area contributed by atoms with Gasteiger partial charge in [0.1, 0.15) is 5.52 Å². The highest BCUT2D eigenvalue weighted by Crippen LogP contribution is 2.38. The van der Waals surface area contributed by atoms with Crippen LogP contribution >= 0.6 is 0 Å². The van der Waals surface area contributed by atoms with E-state index in [-0.39, 0.29) is 0 Å². The van der Waals surface area contributed by atoms with Crippen LogP contribution in [0.15, 0.2) is 6.07 Å². The van der Waals surface area contributed by atoms with Gasteiger partial charge in [-0.05, 0) is 51.5 Å². The molecule has 0 radical (unpaired) electrons. The molecule has 4 rings (SSSR count). The molecular weight excluding hydrogens is 340 g/mol. The van der Waals surface area contributed by atoms with Crippen LogP contribution in [0.3, 0.4) is 0 Å². The van der Waals surface area contributed by atoms with Crippen LogP contribution in [0.25, 0.3) is 11.0 Å². The zero-order valence-corrected chi connectivity index (χ0v) is 16.8. The first-order valence-electron chi connectivity index (χ1n) is 10.1. The third kappa shape index (κ3) is 3.43. The topological polar surface area (TPSA) is 59.5 Å². The highest BCUT2D eigenvalue weighted by molar-refractivity contribution is 5.92. The Hall–Kier alpha value is -2.08. The molecule has 146 valence electrons. The van der Waals surface area contributed by atoms with Gasteiger partial charge in [-0.1, -0.05) is 0 Å². The number of aromatic nitrogens is 2. The maximum atomic E-state index is 5.45. The summed E-state index contributed by atoms with van der Waals surface area (Å²) in [5, 5.41) is 3.85. The first-order valence-corrected chi connectivity index (χ1v) is 10.1. The van der Waals surface area contributed by atoms with Gasteiger partial charge in [0, 0.05) is 36.9 Å². The molecule has 1 saturated heterocycles. The van der Waals surface area contributed by atoms with Gasteiger partial charge in [-0.25, -0.2) is 4.98 Å². The number of ether oxygens (including phenoxy) is 2. The Morgan fingerprint density at radius 2 is 1.89 bits per heavy atom. The fourth-order valence-electron chi connectivity index (χ4n) is 4.36. The van der Waals surface area contributed by atoms with Gasteiger partial charge >= 0.3 is 0 Å². The smallest absolute Gasteiger partial charge is 0.257 e. The number of piperidine rings is 1. The average molecular weight is 370 g/mol. The van der Waals surface area contributed by atoms with Crippen molar-refractivity contribution in [2.45, 2.75) is 58.0 Å². The molecule has 0 unspecified atom stereocenters. The number of nitrogens with one attached hydrogen (secondary N) is 1. The third-order valence-electron chi connectivity index (χ3n) is 5.94. The summed E-state index contributed by atoms with van der Waals surface area (Å²) in [6, 6.07) is 3.05. The summed E-state index contributed by atoms with van der Waals surface area (Å²) in [5.74, 6) is 1.15. The SMILES string of the molecule is COc1cc2nc3c(c(NC4CCN(C(C)C)CC4)c2nc1OC)CCC3. The summed E-state index contributed by atoms with van der Waals surface area (Å²) in [7, 11) is 3.27. The monoisotopic (exact) mass is 370 g/mol. The van der Waals surface area contributed by atoms with Crippen LogP contribution in [0, 0.1) is 0 Å². The van der Waals surface area contributed by atoms with Crippen molar-refractivity contribution in [3.63, 3.8) is 0 Å². The van der Waals surface area contributed by atoms with Crippen molar-refractivity contribution < 1.29 is 9.47 Å². The van der Waals surface area contributed by atoms with Crippen LogP contribution in [0.1, 0.15) is 44.4 Å². The zero-order chi connectivity index (χ0) is 19.0. The first-order chi connectivity index (χ1) is 13.1. The van der Waals surface area contributed by atoms with Gasteiger partial charge in [-0.15, -0.1) is 0 Å². The number of anilines is 1. The highest BCUT2D eigenvalue weighted by atomic mass is 16.5. The van der Waals surface area contributed by atoms with E-state index in [1.165, 1.54) is 11.3 Å². The summed E-state index contributed by atoms with van der Waals surface area (Å²) in [6.45, 7) is 6.84. The zero-order valence-electron chi connectivity index (χ0n) is 16.8. The second kappa shape index (κ2) is 7.50. The molecular formula is C21H30N4O2. The van der Waals surface area contributed by atoms with Crippen molar-refractivity contribution in [3.8, 4) is 11.6 Å². The molecule has 6 nitrogen and oxygen atoms in total. The lowest BCUT2D eigenvalue weighted by molar-refractivity contribution is 0.177. The van der Waals surface area contributed by atoms with E-state index in [1.807, 2.05) is 6.07 Å². The molecule has 0 atom stereocenters. The van der Waals surface area contributed by atoms with Crippen LogP contribution in [0.2, 0.25) is 0 Å². The van der Waals surface area contributed by atoms with Gasteiger partial charge < -0.3 is 19.7 Å². The minimum atomic E-state index is 0.477. The molecule has 27 heavy (non-hydrogen) atoms. The Labute approximate surface area is 161 Å². The van der Waals surface area contributed by atoms with Gasteiger partial charge in [0.25, 0.3) is 5.88 Å². The number of aryl methyl sites for hydroxylation is 1. The van der Waals surface area contributed by atoms with E-state index >= 15 is 0 Å². The Balaban J connectivity index is 1.70. The quantitative estimate of drug-likeness (QED) is 0.870. The maximum Gasteiger partial charge on any atom is 0.257 e. The molecule has 3 heterocycles. The first kappa shape index (κ1) is 18.3. The van der Waals surface area contributed by atoms with Crippen molar-refractivity contribution in [2.24, 2.45) is 0 Å². The Morgan fingerprint density at radius 3 is 2.56 bits per heavy atom. The van der Waals surface area contributed by atoms with E-state index in [0.29, 0.717) is 23.7 Å². The number of nitrogens with zero attached hydrogens (tertiary/aromatic N) is 3. The van der Waals surface area contributed by atoms with E-state index < -0.39 is 0 Å². The molecule has 0 amide bonds. The number of rotatable bonds is 5. The van der Waals surface area contributed by atoms with Crippen LogP contribution in [-0.4, -0.2) is 54.3 Å². The number of pyridine rings is 2. The van der Waals surface area contributed by atoms with Crippen LogP contribution < -0.4 is 14.8 Å². The molecule has 1 N–H and O–H groups in total. The highest BCUT2D eigenvalue weighted by Gasteiger charge is 2.26. The number of hydrogen-bond donors (Lipinski definition) is 1. The average Bonchev–Trinajstić information content (AvgIpc) is 3.15. The molecule has 0 bridgehead atoms. The van der Waals surface area contributed by atoms with Crippen molar-refractivity contribution >= 4 is 16.7 Å². The molecule has 0 aromatic carbocycles. The van der Waals surface area contributed by atoms with E-state index in [4.69, 9.17) is 19.4 Å². The summed E-state index contributed by atoms with van der Waals surface area (Å²) >= 11 is 0. The van der Waals surface area contributed by atoms with Crippen molar-refractivity contribution in [3.05, 3.63) is 17.3 Å². The molecule has 2 aromatic rings. The van der Waals surface area contributed by atoms with Gasteiger partial charge in [0.15, 0.2) is 5.75 Å². The van der Waals surface area contributed by atoms with E-state index in [2.05, 4.69) is 24.1 Å². The molecule has 0 saturated carbocycles. The third-order valence-corrected chi connectivity index (χ3v) is 5.94. The van der Waals surface area contributed by atoms with Gasteiger partial charge in [-0.3, -0.25) is 4.98 Å². The molecule has 1 fully saturated rings. The summed E-state index contributed by atoms with van der Waals surface area (Å²) in [5.41, 5.74) is 5.50. The summed E-state index contributed by atoms with van der Waals surface area (Å²) < 4.78 is 10.9. The van der Waals surface area contributed by atoms with E-state index in [0.717, 1.165) is 61.9 Å². The largest absolute Gasteiger partial charge is 0.491 e. The van der Waals surface area contributed by atoms with Crippen LogP contribution in [-0.2, 0) is 12.8 Å². The van der Waals surface area contributed by atoms with Gasteiger partial charge in [-0.2, -0.15) is 0 Å². The van der Waals surface area contributed by atoms with Crippen LogP contribution in [0.5, 0.6) is 11.6 Å². The molecule has 1 aliphatic heterocycles. The van der Waals surface area contributed by atoms with Crippen molar-refractivity contribution in [2.75, 3.05) is 32.6 Å². The fraction of sp³-hybridized carbons (Fsp3) is 0.619.